The first kappa shape index (κ1) is 16.4. The molecule has 0 saturated carbocycles. The van der Waals surface area contributed by atoms with Crippen molar-refractivity contribution in [2.75, 3.05) is 12.0 Å². The van der Waals surface area contributed by atoms with Gasteiger partial charge in [-0.3, -0.25) is 0 Å². The van der Waals surface area contributed by atoms with Crippen molar-refractivity contribution >= 4 is 51.2 Å². The summed E-state index contributed by atoms with van der Waals surface area (Å²) >= 11 is 13.4. The number of aliphatic imine (C=N–C) groups is 1. The maximum Gasteiger partial charge on any atom is 0.416 e. The molecule has 1 aliphatic heterocycles. The molecule has 0 aliphatic carbocycles. The van der Waals surface area contributed by atoms with Gasteiger partial charge in [-0.1, -0.05) is 11.6 Å². The summed E-state index contributed by atoms with van der Waals surface area (Å²) in [6.45, 7) is 0.271. The molecular formula is C14H9Cl2F3N2OS. The number of halogens is 5. The molecule has 0 spiro atoms. The van der Waals surface area contributed by atoms with Gasteiger partial charge in [0.2, 0.25) is 5.29 Å². The Labute approximate surface area is 143 Å². The monoisotopic (exact) mass is 380 g/mol. The second-order valence-electron chi connectivity index (χ2n) is 4.71. The molecule has 9 heteroatoms. The van der Waals surface area contributed by atoms with Crippen LogP contribution in [0.1, 0.15) is 10.4 Å². The minimum absolute atomic E-state index is 0.0598. The number of nitrogens with zero attached hydrogens (tertiary/aromatic N) is 2. The van der Waals surface area contributed by atoms with Crippen molar-refractivity contribution in [2.24, 2.45) is 4.99 Å². The Morgan fingerprint density at radius 3 is 2.65 bits per heavy atom. The number of alkyl halides is 3. The maximum absolute atomic E-state index is 13.0. The fourth-order valence-corrected chi connectivity index (χ4v) is 3.66. The zero-order valence-electron chi connectivity index (χ0n) is 11.6. The smallest absolute Gasteiger partial charge is 0.416 e. The molecule has 2 heterocycles. The number of methoxy groups -OCH3 is 1. The van der Waals surface area contributed by atoms with Crippen LogP contribution in [0, 0.1) is 0 Å². The number of hydrogen-bond acceptors (Lipinski definition) is 4. The highest BCUT2D eigenvalue weighted by Gasteiger charge is 2.33. The summed E-state index contributed by atoms with van der Waals surface area (Å²) in [5.41, 5.74) is 0.0474. The van der Waals surface area contributed by atoms with Crippen LogP contribution in [-0.2, 0) is 12.7 Å². The minimum Gasteiger partial charge on any atom is -0.495 e. The van der Waals surface area contributed by atoms with E-state index < -0.39 is 11.7 Å². The van der Waals surface area contributed by atoms with E-state index in [0.29, 0.717) is 10.0 Å². The van der Waals surface area contributed by atoms with Crippen molar-refractivity contribution in [1.82, 2.24) is 0 Å². The van der Waals surface area contributed by atoms with Crippen LogP contribution in [0.2, 0.25) is 4.34 Å². The maximum atomic E-state index is 13.0. The first-order valence-electron chi connectivity index (χ1n) is 6.35. The second-order valence-corrected chi connectivity index (χ2v) is 6.82. The molecule has 0 radical (unpaired) electrons. The van der Waals surface area contributed by atoms with Gasteiger partial charge in [0.15, 0.2) is 0 Å². The van der Waals surface area contributed by atoms with E-state index >= 15 is 0 Å². The largest absolute Gasteiger partial charge is 0.495 e. The topological polar surface area (TPSA) is 24.8 Å². The molecule has 0 bridgehead atoms. The summed E-state index contributed by atoms with van der Waals surface area (Å²) in [5.74, 6) is 0.275. The van der Waals surface area contributed by atoms with Gasteiger partial charge in [-0.25, -0.2) is 4.99 Å². The molecule has 1 aromatic carbocycles. The van der Waals surface area contributed by atoms with Crippen LogP contribution in [0.3, 0.4) is 0 Å². The normalized spacial score (nSPS) is 14.5. The lowest BCUT2D eigenvalue weighted by Crippen LogP contribution is -2.29. The van der Waals surface area contributed by atoms with Gasteiger partial charge in [0.1, 0.15) is 5.75 Å². The summed E-state index contributed by atoms with van der Waals surface area (Å²) in [4.78, 5) is 6.47. The van der Waals surface area contributed by atoms with Gasteiger partial charge in [0, 0.05) is 0 Å². The molecule has 0 fully saturated rings. The highest BCUT2D eigenvalue weighted by molar-refractivity contribution is 7.16. The molecule has 0 N–H and O–H groups in total. The van der Waals surface area contributed by atoms with Crippen molar-refractivity contribution in [3.63, 3.8) is 0 Å². The number of anilines is 1. The van der Waals surface area contributed by atoms with Gasteiger partial charge in [-0.15, -0.1) is 11.3 Å². The molecule has 1 aliphatic rings. The Bertz CT molecular complexity index is 789. The van der Waals surface area contributed by atoms with Crippen molar-refractivity contribution in [1.29, 1.82) is 0 Å². The summed E-state index contributed by atoms with van der Waals surface area (Å²) in [5, 5.41) is 0.0598. The van der Waals surface area contributed by atoms with E-state index in [1.54, 1.807) is 6.07 Å². The molecule has 0 unspecified atom stereocenters. The predicted molar refractivity (Wildman–Crippen MR) is 86.5 cm³/mol. The molecule has 3 rings (SSSR count). The molecule has 0 amide bonds. The van der Waals surface area contributed by atoms with Crippen LogP contribution in [0.4, 0.5) is 24.5 Å². The third kappa shape index (κ3) is 3.13. The second kappa shape index (κ2) is 5.89. The standard InChI is InChI=1S/C14H9Cl2F3N2OS/c1-22-10-3-2-7(14(17,18)19)4-9(10)21-6-11-8(20-13(21)16)5-12(15)23-11/h2-5H,6H2,1H3. The quantitative estimate of drug-likeness (QED) is 0.626. The number of thiophene rings is 1. The lowest BCUT2D eigenvalue weighted by molar-refractivity contribution is -0.137. The zero-order valence-corrected chi connectivity index (χ0v) is 13.9. The number of rotatable bonds is 2. The van der Waals surface area contributed by atoms with Crippen molar-refractivity contribution < 1.29 is 17.9 Å². The van der Waals surface area contributed by atoms with Gasteiger partial charge < -0.3 is 9.64 Å². The van der Waals surface area contributed by atoms with Gasteiger partial charge in [-0.2, -0.15) is 13.2 Å². The molecule has 3 nitrogen and oxygen atoms in total. The Morgan fingerprint density at radius 1 is 1.26 bits per heavy atom. The third-order valence-corrected chi connectivity index (χ3v) is 4.82. The Morgan fingerprint density at radius 2 is 2.00 bits per heavy atom. The van der Waals surface area contributed by atoms with Crippen LogP contribution in [-0.4, -0.2) is 12.4 Å². The lowest BCUT2D eigenvalue weighted by Gasteiger charge is -2.27. The molecule has 0 atom stereocenters. The summed E-state index contributed by atoms with van der Waals surface area (Å²) in [7, 11) is 1.38. The van der Waals surface area contributed by atoms with Gasteiger partial charge >= 0.3 is 6.18 Å². The van der Waals surface area contributed by atoms with Crippen molar-refractivity contribution in [3.05, 3.63) is 39.0 Å². The van der Waals surface area contributed by atoms with E-state index in [4.69, 9.17) is 27.9 Å². The fourth-order valence-electron chi connectivity index (χ4n) is 2.23. The average Bonchev–Trinajstić information content (AvgIpc) is 2.83. The number of amidine groups is 1. The van der Waals surface area contributed by atoms with Crippen molar-refractivity contribution in [2.45, 2.75) is 12.7 Å². The highest BCUT2D eigenvalue weighted by atomic mass is 35.5. The van der Waals surface area contributed by atoms with E-state index in [-0.39, 0.29) is 23.3 Å². The molecule has 23 heavy (non-hydrogen) atoms. The number of benzene rings is 1. The summed E-state index contributed by atoms with van der Waals surface area (Å²) in [6.07, 6.45) is -4.46. The molecule has 2 aromatic rings. The summed E-state index contributed by atoms with van der Waals surface area (Å²) in [6, 6.07) is 4.89. The molecule has 0 saturated heterocycles. The number of ether oxygens (including phenoxy) is 1. The zero-order chi connectivity index (χ0) is 16.8. The number of hydrogen-bond donors (Lipinski definition) is 0. The third-order valence-electron chi connectivity index (χ3n) is 3.29. The SMILES string of the molecule is COc1ccc(C(F)(F)F)cc1N1Cc2sc(Cl)cc2N=C1Cl. The Balaban J connectivity index is 2.07. The number of fused-ring (bicyclic) bond motifs is 1. The first-order valence-corrected chi connectivity index (χ1v) is 7.92. The lowest BCUT2D eigenvalue weighted by atomic mass is 10.1. The fraction of sp³-hybridized carbons (Fsp3) is 0.214. The van der Waals surface area contributed by atoms with E-state index in [0.717, 1.165) is 17.0 Å². The van der Waals surface area contributed by atoms with Gasteiger partial charge in [0.25, 0.3) is 0 Å². The average molecular weight is 381 g/mol. The van der Waals surface area contributed by atoms with E-state index in [2.05, 4.69) is 4.99 Å². The predicted octanol–water partition coefficient (Wildman–Crippen LogP) is 5.68. The molecule has 122 valence electrons. The van der Waals surface area contributed by atoms with Crippen LogP contribution in [0.5, 0.6) is 5.75 Å². The van der Waals surface area contributed by atoms with Crippen LogP contribution in [0.15, 0.2) is 29.3 Å². The van der Waals surface area contributed by atoms with E-state index in [9.17, 15) is 13.2 Å². The summed E-state index contributed by atoms with van der Waals surface area (Å²) < 4.78 is 44.6. The van der Waals surface area contributed by atoms with E-state index in [1.807, 2.05) is 0 Å². The van der Waals surface area contributed by atoms with E-state index in [1.165, 1.54) is 29.4 Å². The molecule has 1 aromatic heterocycles. The molecular weight excluding hydrogens is 372 g/mol. The van der Waals surface area contributed by atoms with Crippen LogP contribution < -0.4 is 9.64 Å². The minimum atomic E-state index is -4.46. The Kier molecular flexibility index (Phi) is 4.20. The van der Waals surface area contributed by atoms with Crippen molar-refractivity contribution in [3.8, 4) is 5.75 Å². The Hall–Kier alpha value is -1.44. The van der Waals surface area contributed by atoms with Crippen LogP contribution >= 0.6 is 34.5 Å². The first-order chi connectivity index (χ1) is 10.8. The van der Waals surface area contributed by atoms with Gasteiger partial charge in [-0.05, 0) is 35.9 Å². The van der Waals surface area contributed by atoms with Gasteiger partial charge in [0.05, 0.1) is 39.8 Å². The highest BCUT2D eigenvalue weighted by Crippen LogP contribution is 2.42. The van der Waals surface area contributed by atoms with Crippen LogP contribution in [0.25, 0.3) is 0 Å².